The first-order chi connectivity index (χ1) is 23.3. The molecule has 290 valence electrons. The van der Waals surface area contributed by atoms with E-state index in [9.17, 15) is 30.3 Å². The minimum absolute atomic E-state index is 0.132. The summed E-state index contributed by atoms with van der Waals surface area (Å²) in [5.41, 5.74) is -3.32. The van der Waals surface area contributed by atoms with Gasteiger partial charge in [-0.2, -0.15) is 0 Å². The third-order valence-corrected chi connectivity index (χ3v) is 11.8. The van der Waals surface area contributed by atoms with Crippen molar-refractivity contribution in [1.29, 1.82) is 0 Å². The Balaban J connectivity index is 1.96. The van der Waals surface area contributed by atoms with E-state index in [1.54, 1.807) is 39.0 Å². The second-order valence-corrected chi connectivity index (χ2v) is 16.8. The van der Waals surface area contributed by atoms with Crippen LogP contribution in [-0.2, 0) is 25.5 Å². The Morgan fingerprint density at radius 3 is 2.38 bits per heavy atom. The van der Waals surface area contributed by atoms with Crippen molar-refractivity contribution in [1.82, 2.24) is 15.1 Å². The highest BCUT2D eigenvalue weighted by molar-refractivity contribution is 7.09. The third-order valence-electron chi connectivity index (χ3n) is 11.0. The molecule has 2 aliphatic heterocycles. The van der Waals surface area contributed by atoms with Crippen LogP contribution in [0.4, 0.5) is 0 Å². The molecule has 0 spiro atoms. The first kappa shape index (κ1) is 43.2. The number of nitrogens with zero attached hydrogens (tertiary/aromatic N) is 2. The molecule has 2 aliphatic rings. The van der Waals surface area contributed by atoms with Crippen LogP contribution in [0.25, 0.3) is 0 Å². The quantitative estimate of drug-likeness (QED) is 0.154. The maximum absolute atomic E-state index is 13.6. The number of cyclic esters (lactones) is 1. The third kappa shape index (κ3) is 10.9. The van der Waals surface area contributed by atoms with Gasteiger partial charge in [-0.25, -0.2) is 0 Å². The largest absolute Gasteiger partial charge is 0.459 e. The molecule has 1 aromatic heterocycles. The second-order valence-electron chi connectivity index (χ2n) is 15.8. The highest BCUT2D eigenvalue weighted by atomic mass is 32.1. The van der Waals surface area contributed by atoms with Crippen LogP contribution in [0.15, 0.2) is 17.5 Å². The van der Waals surface area contributed by atoms with E-state index in [1.807, 2.05) is 45.8 Å². The lowest BCUT2D eigenvalue weighted by atomic mass is 9.78. The van der Waals surface area contributed by atoms with Crippen LogP contribution < -0.4 is 5.32 Å². The number of rotatable bonds is 10. The molecule has 0 radical (unpaired) electrons. The minimum atomic E-state index is -1.79. The monoisotopic (exact) mass is 729 g/mol. The van der Waals surface area contributed by atoms with Crippen LogP contribution in [-0.4, -0.2) is 141 Å². The van der Waals surface area contributed by atoms with Gasteiger partial charge in [0.15, 0.2) is 6.29 Å². The molecule has 2 fully saturated rings. The van der Waals surface area contributed by atoms with Gasteiger partial charge < -0.3 is 50.0 Å². The first-order valence-electron chi connectivity index (χ1n) is 18.5. The molecule has 0 aromatic carbocycles. The maximum Gasteiger partial charge on any atom is 0.311 e. The molecule has 0 bridgehead atoms. The van der Waals surface area contributed by atoms with Gasteiger partial charge in [-0.3, -0.25) is 9.69 Å². The summed E-state index contributed by atoms with van der Waals surface area (Å²) < 4.78 is 18.4. The number of hydrogen-bond donors (Lipinski definition) is 6. The zero-order chi connectivity index (χ0) is 37.6. The number of carbonyl (C=O) groups is 1. The molecule has 14 atom stereocenters. The summed E-state index contributed by atoms with van der Waals surface area (Å²) in [7, 11) is 3.77. The van der Waals surface area contributed by atoms with Crippen molar-refractivity contribution in [2.75, 3.05) is 33.7 Å². The van der Waals surface area contributed by atoms with Gasteiger partial charge in [0.1, 0.15) is 23.9 Å². The number of aliphatic hydroxyl groups excluding tert-OH is 3. The topological polar surface area (TPSA) is 164 Å². The van der Waals surface area contributed by atoms with Crippen molar-refractivity contribution in [3.05, 3.63) is 22.4 Å². The van der Waals surface area contributed by atoms with Crippen molar-refractivity contribution >= 4 is 17.3 Å². The van der Waals surface area contributed by atoms with E-state index in [1.165, 1.54) is 11.8 Å². The summed E-state index contributed by atoms with van der Waals surface area (Å²) in [5, 5.41) is 64.2. The van der Waals surface area contributed by atoms with Crippen molar-refractivity contribution in [2.24, 2.45) is 17.8 Å². The highest BCUT2D eigenvalue weighted by Crippen LogP contribution is 2.36. The SMILES string of the molecule is CC[C@H]1OC(=O)[C@H](C)[C@@H](O)[C@H](C)[C@@H](O[C@@H]2O[C@H](C)C[C@H](N(C)C)[C@H]2O)[C@](C)(O)C[C@@H](C)CN(CCCNCc2cccs2)[C@H](C)[C@@H](O)[C@]1(C)O. The summed E-state index contributed by atoms with van der Waals surface area (Å²) in [5.74, 6) is -2.72. The van der Waals surface area contributed by atoms with E-state index >= 15 is 0 Å². The first-order valence-corrected chi connectivity index (χ1v) is 19.3. The molecule has 13 heteroatoms. The zero-order valence-electron chi connectivity index (χ0n) is 32.0. The Morgan fingerprint density at radius 1 is 1.10 bits per heavy atom. The fourth-order valence-electron chi connectivity index (χ4n) is 7.93. The predicted molar refractivity (Wildman–Crippen MR) is 195 cm³/mol. The smallest absolute Gasteiger partial charge is 0.311 e. The lowest BCUT2D eigenvalue weighted by Crippen LogP contribution is -2.59. The molecular weight excluding hydrogens is 662 g/mol. The molecule has 2 saturated heterocycles. The van der Waals surface area contributed by atoms with Gasteiger partial charge in [-0.1, -0.05) is 26.8 Å². The van der Waals surface area contributed by atoms with Gasteiger partial charge >= 0.3 is 5.97 Å². The molecule has 50 heavy (non-hydrogen) atoms. The van der Waals surface area contributed by atoms with Gasteiger partial charge in [0, 0.05) is 36.0 Å². The summed E-state index contributed by atoms with van der Waals surface area (Å²) in [6, 6.07) is 3.34. The zero-order valence-corrected chi connectivity index (χ0v) is 32.8. The number of carbonyl (C=O) groups excluding carboxylic acids is 1. The molecule has 0 aliphatic carbocycles. The van der Waals surface area contributed by atoms with Crippen LogP contribution in [0.1, 0.15) is 86.0 Å². The molecule has 6 N–H and O–H groups in total. The van der Waals surface area contributed by atoms with E-state index < -0.39 is 71.9 Å². The molecule has 0 amide bonds. The summed E-state index contributed by atoms with van der Waals surface area (Å²) in [4.78, 5) is 18.9. The van der Waals surface area contributed by atoms with Crippen LogP contribution >= 0.6 is 11.3 Å². The number of ether oxygens (including phenoxy) is 3. The number of hydrogen-bond acceptors (Lipinski definition) is 13. The summed E-state index contributed by atoms with van der Waals surface area (Å²) >= 11 is 1.70. The van der Waals surface area contributed by atoms with E-state index in [-0.39, 0.29) is 30.9 Å². The van der Waals surface area contributed by atoms with Crippen LogP contribution in [0, 0.1) is 17.8 Å². The average Bonchev–Trinajstić information content (AvgIpc) is 3.57. The Bertz CT molecular complexity index is 1160. The average molecular weight is 730 g/mol. The van der Waals surface area contributed by atoms with E-state index in [0.29, 0.717) is 19.5 Å². The Labute approximate surface area is 304 Å². The fourth-order valence-corrected chi connectivity index (χ4v) is 8.61. The van der Waals surface area contributed by atoms with E-state index in [2.05, 4.69) is 21.7 Å². The standard InChI is InChI=1S/C37H67N3O9S/c1-11-29-37(8,46)32(43)26(6)40(16-13-15-38-20-27-14-12-17-50-27)21-22(2)19-36(7,45)33(24(4)30(41)25(5)34(44)48-29)49-35-31(42)28(39(9)10)18-23(3)47-35/h12,14,17,22-26,28-33,35,38,41-43,45-46H,11,13,15-16,18-21H2,1-10H3/t22-,23-,24+,25-,26-,28+,29-,30+,31-,32-,33-,35+,36-,37-/m1/s1. The number of likely N-dealkylation sites (N-methyl/N-ethyl adjacent to an activating group) is 1. The van der Waals surface area contributed by atoms with Crippen LogP contribution in [0.2, 0.25) is 0 Å². The van der Waals surface area contributed by atoms with Crippen molar-refractivity contribution in [3.8, 4) is 0 Å². The number of thiophene rings is 1. The second kappa shape index (κ2) is 18.7. The fraction of sp³-hybridized carbons (Fsp3) is 0.865. The van der Waals surface area contributed by atoms with Gasteiger partial charge in [-0.15, -0.1) is 11.3 Å². The Morgan fingerprint density at radius 2 is 1.78 bits per heavy atom. The van der Waals surface area contributed by atoms with Crippen molar-refractivity contribution < 1.29 is 44.5 Å². The van der Waals surface area contributed by atoms with Gasteiger partial charge in [0.05, 0.1) is 29.8 Å². The molecular formula is C37H67N3O9S. The number of esters is 1. The molecule has 0 unspecified atom stereocenters. The van der Waals surface area contributed by atoms with Crippen molar-refractivity contribution in [2.45, 2.75) is 154 Å². The highest BCUT2D eigenvalue weighted by Gasteiger charge is 2.50. The molecule has 0 saturated carbocycles. The molecule has 1 aromatic rings. The Hall–Kier alpha value is -1.23. The van der Waals surface area contributed by atoms with Gasteiger partial charge in [-0.05, 0) is 105 Å². The van der Waals surface area contributed by atoms with Crippen LogP contribution in [0.3, 0.4) is 0 Å². The maximum atomic E-state index is 13.6. The minimum Gasteiger partial charge on any atom is -0.459 e. The summed E-state index contributed by atoms with van der Waals surface area (Å²) in [6.45, 7) is 16.6. The molecule has 3 heterocycles. The van der Waals surface area contributed by atoms with Crippen LogP contribution in [0.5, 0.6) is 0 Å². The number of nitrogens with one attached hydrogen (secondary N) is 1. The lowest BCUT2D eigenvalue weighted by molar-refractivity contribution is -0.299. The van der Waals surface area contributed by atoms with E-state index in [4.69, 9.17) is 14.2 Å². The molecule has 12 nitrogen and oxygen atoms in total. The predicted octanol–water partition coefficient (Wildman–Crippen LogP) is 2.59. The van der Waals surface area contributed by atoms with Gasteiger partial charge in [0.25, 0.3) is 0 Å². The number of aliphatic hydroxyl groups is 5. The Kier molecular flexibility index (Phi) is 16.1. The molecule has 3 rings (SSSR count). The lowest BCUT2D eigenvalue weighted by Gasteiger charge is -2.46. The van der Waals surface area contributed by atoms with Crippen molar-refractivity contribution in [3.63, 3.8) is 0 Å². The van der Waals surface area contributed by atoms with Gasteiger partial charge in [0.2, 0.25) is 0 Å². The summed E-state index contributed by atoms with van der Waals surface area (Å²) in [6.07, 6.45) is -5.14. The van der Waals surface area contributed by atoms with E-state index in [0.717, 1.165) is 19.5 Å². The normalized spacial score (nSPS) is 41.8.